The fraction of sp³-hybridized carbons (Fsp3) is 0.0179. The van der Waals surface area contributed by atoms with E-state index in [1.807, 2.05) is 6.07 Å². The zero-order valence-electron chi connectivity index (χ0n) is 32.2. The molecule has 9 aromatic carbocycles. The van der Waals surface area contributed by atoms with Crippen molar-refractivity contribution in [2.75, 3.05) is 4.90 Å². The molecule has 0 saturated heterocycles. The van der Waals surface area contributed by atoms with Gasteiger partial charge >= 0.3 is 0 Å². The number of oxazole rings is 1. The minimum atomic E-state index is -0.526. The second kappa shape index (κ2) is 14.3. The molecule has 1 aliphatic carbocycles. The Morgan fingerprint density at radius 1 is 0.356 bits per heavy atom. The summed E-state index contributed by atoms with van der Waals surface area (Å²) in [6.45, 7) is 0. The lowest BCUT2D eigenvalue weighted by atomic mass is 9.67. The smallest absolute Gasteiger partial charge is 0.227 e. The number of anilines is 3. The van der Waals surface area contributed by atoms with Gasteiger partial charge in [-0.1, -0.05) is 176 Å². The third-order valence-electron chi connectivity index (χ3n) is 11.8. The van der Waals surface area contributed by atoms with Gasteiger partial charge in [0.25, 0.3) is 0 Å². The van der Waals surface area contributed by atoms with Crippen molar-refractivity contribution >= 4 is 28.2 Å². The Kier molecular flexibility index (Phi) is 8.37. The van der Waals surface area contributed by atoms with E-state index in [-0.39, 0.29) is 0 Å². The van der Waals surface area contributed by atoms with Crippen molar-refractivity contribution in [3.63, 3.8) is 0 Å². The van der Waals surface area contributed by atoms with Crippen LogP contribution in [-0.4, -0.2) is 4.98 Å². The minimum Gasteiger partial charge on any atom is -0.436 e. The van der Waals surface area contributed by atoms with Gasteiger partial charge in [0.1, 0.15) is 5.52 Å². The first-order valence-corrected chi connectivity index (χ1v) is 20.1. The number of nitrogens with zero attached hydrogens (tertiary/aromatic N) is 2. The van der Waals surface area contributed by atoms with Crippen LogP contribution < -0.4 is 4.90 Å². The summed E-state index contributed by atoms with van der Waals surface area (Å²) < 4.78 is 6.58. The molecule has 0 spiro atoms. The van der Waals surface area contributed by atoms with E-state index >= 15 is 0 Å². The molecule has 0 radical (unpaired) electrons. The summed E-state index contributed by atoms with van der Waals surface area (Å²) in [5, 5.41) is 0. The van der Waals surface area contributed by atoms with Crippen molar-refractivity contribution in [1.29, 1.82) is 0 Å². The normalized spacial score (nSPS) is 12.5. The number of hydrogen-bond acceptors (Lipinski definition) is 3. The Hall–Kier alpha value is -7.75. The third-order valence-corrected chi connectivity index (χ3v) is 11.8. The highest BCUT2D eigenvalue weighted by Gasteiger charge is 2.46. The van der Waals surface area contributed by atoms with Crippen LogP contribution in [0.4, 0.5) is 17.1 Å². The van der Waals surface area contributed by atoms with Gasteiger partial charge in [0.15, 0.2) is 5.58 Å². The largest absolute Gasteiger partial charge is 0.436 e. The van der Waals surface area contributed by atoms with Gasteiger partial charge in [-0.15, -0.1) is 0 Å². The van der Waals surface area contributed by atoms with E-state index in [0.717, 1.165) is 44.9 Å². The summed E-state index contributed by atoms with van der Waals surface area (Å²) in [7, 11) is 0. The predicted molar refractivity (Wildman–Crippen MR) is 242 cm³/mol. The maximum absolute atomic E-state index is 6.58. The molecule has 0 fully saturated rings. The summed E-state index contributed by atoms with van der Waals surface area (Å²) in [5.41, 5.74) is 17.2. The quantitative estimate of drug-likeness (QED) is 0.155. The van der Waals surface area contributed by atoms with Crippen molar-refractivity contribution in [2.24, 2.45) is 0 Å². The molecule has 0 bridgehead atoms. The standard InChI is InChI=1S/C56H38N2O/c1-5-16-39(17-6-1)41-28-30-42(31-29-41)55-57-53-35-33-48(38-54(53)59-55)58(46-25-15-20-43(36-46)40-18-7-2-8-19-40)47-32-34-50-49-26-13-14-27-51(49)56(52(50)37-47,44-21-9-3-10-22-44)45-23-11-4-12-24-45/h1-38H. The van der Waals surface area contributed by atoms with Gasteiger partial charge in [0.05, 0.1) is 5.41 Å². The van der Waals surface area contributed by atoms with Gasteiger partial charge < -0.3 is 9.32 Å². The van der Waals surface area contributed by atoms with Gasteiger partial charge in [-0.2, -0.15) is 0 Å². The van der Waals surface area contributed by atoms with Gasteiger partial charge in [0, 0.05) is 28.7 Å². The number of hydrogen-bond donors (Lipinski definition) is 0. The molecule has 1 heterocycles. The first-order valence-electron chi connectivity index (χ1n) is 20.1. The zero-order valence-corrected chi connectivity index (χ0v) is 32.2. The molecular formula is C56H38N2O. The lowest BCUT2D eigenvalue weighted by Gasteiger charge is -2.35. The highest BCUT2D eigenvalue weighted by molar-refractivity contribution is 5.91. The molecule has 278 valence electrons. The minimum absolute atomic E-state index is 0.526. The van der Waals surface area contributed by atoms with Crippen LogP contribution in [0.15, 0.2) is 235 Å². The van der Waals surface area contributed by atoms with Crippen LogP contribution >= 0.6 is 0 Å². The highest BCUT2D eigenvalue weighted by Crippen LogP contribution is 2.57. The number of fused-ring (bicyclic) bond motifs is 4. The highest BCUT2D eigenvalue weighted by atomic mass is 16.3. The Labute approximate surface area is 344 Å². The predicted octanol–water partition coefficient (Wildman–Crippen LogP) is 14.7. The van der Waals surface area contributed by atoms with Crippen LogP contribution in [0.3, 0.4) is 0 Å². The third kappa shape index (κ3) is 5.86. The average Bonchev–Trinajstić information content (AvgIpc) is 3.88. The summed E-state index contributed by atoms with van der Waals surface area (Å²) in [6.07, 6.45) is 0. The van der Waals surface area contributed by atoms with Crippen LogP contribution in [0.25, 0.3) is 55.9 Å². The lowest BCUT2D eigenvalue weighted by molar-refractivity contribution is 0.620. The second-order valence-corrected chi connectivity index (χ2v) is 15.1. The molecule has 10 aromatic rings. The maximum Gasteiger partial charge on any atom is 0.227 e. The fourth-order valence-electron chi connectivity index (χ4n) is 9.09. The molecule has 1 aliphatic rings. The number of aromatic nitrogens is 1. The fourth-order valence-corrected chi connectivity index (χ4v) is 9.09. The summed E-state index contributed by atoms with van der Waals surface area (Å²) >= 11 is 0. The van der Waals surface area contributed by atoms with Crippen molar-refractivity contribution in [3.05, 3.63) is 253 Å². The van der Waals surface area contributed by atoms with Crippen LogP contribution in [0.5, 0.6) is 0 Å². The molecular weight excluding hydrogens is 717 g/mol. The van der Waals surface area contributed by atoms with E-state index in [2.05, 4.69) is 229 Å². The Morgan fingerprint density at radius 2 is 0.864 bits per heavy atom. The van der Waals surface area contributed by atoms with Gasteiger partial charge in [-0.05, 0) is 104 Å². The summed E-state index contributed by atoms with van der Waals surface area (Å²) in [5.74, 6) is 0.597. The van der Waals surface area contributed by atoms with E-state index < -0.39 is 5.41 Å². The second-order valence-electron chi connectivity index (χ2n) is 15.1. The van der Waals surface area contributed by atoms with Crippen LogP contribution in [0, 0.1) is 0 Å². The van der Waals surface area contributed by atoms with E-state index in [4.69, 9.17) is 9.40 Å². The molecule has 0 N–H and O–H groups in total. The Balaban J connectivity index is 1.09. The van der Waals surface area contributed by atoms with Gasteiger partial charge in [0.2, 0.25) is 5.89 Å². The average molecular weight is 755 g/mol. The monoisotopic (exact) mass is 754 g/mol. The van der Waals surface area contributed by atoms with Gasteiger partial charge in [-0.3, -0.25) is 0 Å². The maximum atomic E-state index is 6.58. The molecule has 0 unspecified atom stereocenters. The van der Waals surface area contributed by atoms with Crippen molar-refractivity contribution < 1.29 is 4.42 Å². The van der Waals surface area contributed by atoms with E-state index in [1.54, 1.807) is 0 Å². The summed E-state index contributed by atoms with van der Waals surface area (Å²) in [6, 6.07) is 82.4. The molecule has 0 saturated carbocycles. The van der Waals surface area contributed by atoms with Crippen molar-refractivity contribution in [1.82, 2.24) is 4.98 Å². The van der Waals surface area contributed by atoms with E-state index in [9.17, 15) is 0 Å². The molecule has 11 rings (SSSR count). The van der Waals surface area contributed by atoms with E-state index in [1.165, 1.54) is 44.5 Å². The first kappa shape index (κ1) is 34.5. The number of rotatable bonds is 8. The molecule has 3 heteroatoms. The molecule has 3 nitrogen and oxygen atoms in total. The summed E-state index contributed by atoms with van der Waals surface area (Å²) in [4.78, 5) is 7.31. The lowest BCUT2D eigenvalue weighted by Crippen LogP contribution is -2.28. The first-order chi connectivity index (χ1) is 29.2. The van der Waals surface area contributed by atoms with Crippen LogP contribution in [0.2, 0.25) is 0 Å². The molecule has 0 atom stereocenters. The number of benzene rings is 9. The SMILES string of the molecule is c1ccc(-c2ccc(-c3nc4ccc(N(c5cccc(-c6ccccc6)c5)c5ccc6c(c5)C(c5ccccc5)(c5ccccc5)c5ccccc5-6)cc4o3)cc2)cc1. The van der Waals surface area contributed by atoms with Crippen molar-refractivity contribution in [3.8, 4) is 44.8 Å². The molecule has 0 amide bonds. The Morgan fingerprint density at radius 3 is 1.56 bits per heavy atom. The zero-order chi connectivity index (χ0) is 39.2. The molecule has 59 heavy (non-hydrogen) atoms. The topological polar surface area (TPSA) is 29.3 Å². The molecule has 0 aliphatic heterocycles. The van der Waals surface area contributed by atoms with E-state index in [0.29, 0.717) is 5.89 Å². The van der Waals surface area contributed by atoms with Gasteiger partial charge in [-0.25, -0.2) is 4.98 Å². The van der Waals surface area contributed by atoms with Crippen molar-refractivity contribution in [2.45, 2.75) is 5.41 Å². The molecule has 1 aromatic heterocycles. The van der Waals surface area contributed by atoms with Crippen LogP contribution in [-0.2, 0) is 5.41 Å². The Bertz CT molecular complexity index is 3040. The van der Waals surface area contributed by atoms with Crippen LogP contribution in [0.1, 0.15) is 22.3 Å².